The normalized spacial score (nSPS) is 11.4. The number of hydrogen-bond donors (Lipinski definition) is 1. The van der Waals surface area contributed by atoms with E-state index >= 15 is 0 Å². The Hall–Kier alpha value is -3.23. The fourth-order valence-electron chi connectivity index (χ4n) is 2.10. The summed E-state index contributed by atoms with van der Waals surface area (Å²) in [6.07, 6.45) is -2.36. The molecule has 0 aliphatic rings. The highest BCUT2D eigenvalue weighted by molar-refractivity contribution is 6.03. The van der Waals surface area contributed by atoms with Gasteiger partial charge in [-0.1, -0.05) is 0 Å². The van der Waals surface area contributed by atoms with Crippen LogP contribution >= 0.6 is 0 Å². The second-order valence-electron chi connectivity index (χ2n) is 4.99. The first-order chi connectivity index (χ1) is 11.8. The van der Waals surface area contributed by atoms with Crippen molar-refractivity contribution in [2.45, 2.75) is 6.18 Å². The van der Waals surface area contributed by atoms with E-state index in [9.17, 15) is 22.4 Å². The zero-order valence-corrected chi connectivity index (χ0v) is 12.5. The van der Waals surface area contributed by atoms with E-state index in [-0.39, 0.29) is 17.1 Å². The van der Waals surface area contributed by atoms with Crippen LogP contribution in [0.2, 0.25) is 0 Å². The van der Waals surface area contributed by atoms with E-state index in [1.54, 1.807) is 0 Å². The number of rotatable bonds is 3. The number of nitrogens with one attached hydrogen (secondary N) is 1. The minimum atomic E-state index is -4.55. The van der Waals surface area contributed by atoms with Crippen molar-refractivity contribution in [2.75, 3.05) is 5.32 Å². The Morgan fingerprint density at radius 2 is 1.76 bits per heavy atom. The molecule has 2 heterocycles. The molecular formula is C16H10F4N4O. The van der Waals surface area contributed by atoms with Gasteiger partial charge in [0.1, 0.15) is 17.3 Å². The predicted octanol–water partition coefficient (Wildman–Crippen LogP) is 3.68. The average molecular weight is 350 g/mol. The lowest BCUT2D eigenvalue weighted by Crippen LogP contribution is -2.15. The molecule has 0 radical (unpaired) electrons. The van der Waals surface area contributed by atoms with Crippen molar-refractivity contribution >= 4 is 11.7 Å². The minimum absolute atomic E-state index is 0.0945. The minimum Gasteiger partial charge on any atom is -0.307 e. The van der Waals surface area contributed by atoms with Crippen LogP contribution in [-0.2, 0) is 6.18 Å². The molecular weight excluding hydrogens is 340 g/mol. The molecule has 0 bridgehead atoms. The lowest BCUT2D eigenvalue weighted by molar-refractivity contribution is -0.142. The van der Waals surface area contributed by atoms with Gasteiger partial charge >= 0.3 is 6.18 Å². The van der Waals surface area contributed by atoms with E-state index < -0.39 is 23.6 Å². The molecule has 0 aliphatic carbocycles. The number of halogens is 4. The molecule has 9 heteroatoms. The van der Waals surface area contributed by atoms with Crippen molar-refractivity contribution in [1.29, 1.82) is 0 Å². The quantitative estimate of drug-likeness (QED) is 0.733. The fourth-order valence-corrected chi connectivity index (χ4v) is 2.10. The number of amides is 1. The fraction of sp³-hybridized carbons (Fsp3) is 0.0625. The van der Waals surface area contributed by atoms with E-state index in [0.29, 0.717) is 4.68 Å². The average Bonchev–Trinajstić information content (AvgIpc) is 3.06. The maximum atomic E-state index is 12.9. The highest BCUT2D eigenvalue weighted by Gasteiger charge is 2.35. The lowest BCUT2D eigenvalue weighted by Gasteiger charge is -2.10. The summed E-state index contributed by atoms with van der Waals surface area (Å²) in [5.74, 6) is -0.854. The summed E-state index contributed by atoms with van der Waals surface area (Å²) < 4.78 is 52.2. The van der Waals surface area contributed by atoms with Crippen molar-refractivity contribution in [1.82, 2.24) is 14.8 Å². The van der Waals surface area contributed by atoms with Gasteiger partial charge < -0.3 is 5.32 Å². The van der Waals surface area contributed by atoms with Crippen molar-refractivity contribution in [2.24, 2.45) is 0 Å². The molecule has 1 aromatic carbocycles. The number of pyridine rings is 1. The van der Waals surface area contributed by atoms with Gasteiger partial charge in [-0.25, -0.2) is 14.1 Å². The number of carbonyl (C=O) groups is 1. The highest BCUT2D eigenvalue weighted by Crippen LogP contribution is 2.30. The molecule has 0 saturated heterocycles. The zero-order chi connectivity index (χ0) is 18.0. The van der Waals surface area contributed by atoms with Crippen LogP contribution in [0.25, 0.3) is 5.69 Å². The maximum Gasteiger partial charge on any atom is 0.433 e. The third-order valence-corrected chi connectivity index (χ3v) is 3.27. The molecule has 1 amide bonds. The summed E-state index contributed by atoms with van der Waals surface area (Å²) in [6.45, 7) is 0. The summed E-state index contributed by atoms with van der Waals surface area (Å²) >= 11 is 0. The lowest BCUT2D eigenvalue weighted by atomic mass is 10.2. The van der Waals surface area contributed by atoms with Gasteiger partial charge in [-0.3, -0.25) is 4.79 Å². The van der Waals surface area contributed by atoms with Crippen LogP contribution < -0.4 is 5.32 Å². The van der Waals surface area contributed by atoms with E-state index in [1.165, 1.54) is 24.3 Å². The van der Waals surface area contributed by atoms with Crippen molar-refractivity contribution in [3.63, 3.8) is 0 Å². The molecule has 0 fully saturated rings. The summed E-state index contributed by atoms with van der Waals surface area (Å²) in [5, 5.41) is 6.10. The maximum absolute atomic E-state index is 12.9. The molecule has 0 atom stereocenters. The zero-order valence-electron chi connectivity index (χ0n) is 12.5. The number of anilines is 1. The number of carbonyl (C=O) groups excluding carboxylic acids is 1. The molecule has 25 heavy (non-hydrogen) atoms. The van der Waals surface area contributed by atoms with E-state index in [2.05, 4.69) is 15.4 Å². The van der Waals surface area contributed by atoms with E-state index in [4.69, 9.17) is 0 Å². The van der Waals surface area contributed by atoms with Gasteiger partial charge in [0.05, 0.1) is 18.1 Å². The summed E-state index contributed by atoms with van der Waals surface area (Å²) in [5.41, 5.74) is -0.617. The third kappa shape index (κ3) is 3.65. The van der Waals surface area contributed by atoms with Gasteiger partial charge in [-0.15, -0.1) is 0 Å². The molecule has 0 aliphatic heterocycles. The Labute approximate surface area is 138 Å². The largest absolute Gasteiger partial charge is 0.433 e. The van der Waals surface area contributed by atoms with Crippen molar-refractivity contribution < 1.29 is 22.4 Å². The summed E-state index contributed by atoms with van der Waals surface area (Å²) in [6, 6.07) is 8.43. The molecule has 0 saturated carbocycles. The Bertz CT molecular complexity index is 886. The van der Waals surface area contributed by atoms with E-state index in [1.807, 2.05) is 0 Å². The molecule has 1 N–H and O–H groups in total. The molecule has 0 spiro atoms. The summed E-state index contributed by atoms with van der Waals surface area (Å²) in [7, 11) is 0. The van der Waals surface area contributed by atoms with Gasteiger partial charge in [-0.2, -0.15) is 18.3 Å². The number of nitrogens with zero attached hydrogens (tertiary/aromatic N) is 3. The first-order valence-corrected chi connectivity index (χ1v) is 6.99. The monoisotopic (exact) mass is 350 g/mol. The van der Waals surface area contributed by atoms with E-state index in [0.717, 1.165) is 30.6 Å². The Morgan fingerprint density at radius 1 is 1.04 bits per heavy atom. The third-order valence-electron chi connectivity index (χ3n) is 3.27. The van der Waals surface area contributed by atoms with Gasteiger partial charge in [0.2, 0.25) is 0 Å². The topological polar surface area (TPSA) is 59.8 Å². The second kappa shape index (κ2) is 6.34. The second-order valence-corrected chi connectivity index (χ2v) is 4.99. The number of benzene rings is 1. The molecule has 128 valence electrons. The number of hydrogen-bond acceptors (Lipinski definition) is 3. The summed E-state index contributed by atoms with van der Waals surface area (Å²) in [4.78, 5) is 15.9. The number of aromatic nitrogens is 3. The SMILES string of the molecule is O=C(Nc1ccc(-n2nccc2C(F)(F)F)cn1)c1ccc(F)cc1. The smallest absolute Gasteiger partial charge is 0.307 e. The van der Waals surface area contributed by atoms with Crippen LogP contribution in [0.15, 0.2) is 54.9 Å². The van der Waals surface area contributed by atoms with Crippen LogP contribution in [0, 0.1) is 5.82 Å². The van der Waals surface area contributed by atoms with Crippen LogP contribution in [0.4, 0.5) is 23.4 Å². The van der Waals surface area contributed by atoms with Gasteiger partial charge in [0, 0.05) is 5.56 Å². The predicted molar refractivity (Wildman–Crippen MR) is 80.7 cm³/mol. The first kappa shape index (κ1) is 16.6. The number of alkyl halides is 3. The molecule has 3 aromatic rings. The van der Waals surface area contributed by atoms with Crippen molar-refractivity contribution in [3.05, 3.63) is 71.9 Å². The van der Waals surface area contributed by atoms with Crippen LogP contribution in [0.3, 0.4) is 0 Å². The van der Waals surface area contributed by atoms with Crippen LogP contribution in [-0.4, -0.2) is 20.7 Å². The van der Waals surface area contributed by atoms with Gasteiger partial charge in [0.15, 0.2) is 0 Å². The van der Waals surface area contributed by atoms with Gasteiger partial charge in [0.25, 0.3) is 5.91 Å². The highest BCUT2D eigenvalue weighted by atomic mass is 19.4. The first-order valence-electron chi connectivity index (χ1n) is 6.99. The Morgan fingerprint density at radius 3 is 2.36 bits per heavy atom. The van der Waals surface area contributed by atoms with Crippen LogP contribution in [0.1, 0.15) is 16.1 Å². The van der Waals surface area contributed by atoms with Crippen molar-refractivity contribution in [3.8, 4) is 5.69 Å². The molecule has 2 aromatic heterocycles. The molecule has 5 nitrogen and oxygen atoms in total. The van der Waals surface area contributed by atoms with Gasteiger partial charge in [-0.05, 0) is 42.5 Å². The Kier molecular flexibility index (Phi) is 4.22. The van der Waals surface area contributed by atoms with Crippen LogP contribution in [0.5, 0.6) is 0 Å². The standard InChI is InChI=1S/C16H10F4N4O/c17-11-3-1-10(2-4-11)15(25)23-14-6-5-12(9-21-14)24-13(7-8-22-24)16(18,19)20/h1-9H,(H,21,23,25). The molecule has 0 unspecified atom stereocenters. The molecule has 3 rings (SSSR count). The Balaban J connectivity index is 1.78.